The average Bonchev–Trinajstić information content (AvgIpc) is 3.59. The molecule has 0 bridgehead atoms. The number of benzene rings is 3. The largest absolute Gasteiger partial charge is 1.00 e. The predicted molar refractivity (Wildman–Crippen MR) is 188 cm³/mol. The third-order valence-electron chi connectivity index (χ3n) is 7.62. The Bertz CT molecular complexity index is 2190. The van der Waals surface area contributed by atoms with E-state index in [-0.39, 0.29) is 40.5 Å². The van der Waals surface area contributed by atoms with Crippen molar-refractivity contribution in [2.24, 2.45) is 15.5 Å². The Morgan fingerprint density at radius 3 is 2.32 bits per heavy atom. The Hall–Kier alpha value is -3.77. The SMILES string of the molecule is CCN(CCNS(C)(=O)=O)c1ccc(N=C2C(C(C)(C)C)=Nn3nc(-c4ccc(NC(=O)c5cccc(S(=O)(=O)[O-])c5)cc4)nc32)c(C)c1.[Na+]. The Kier molecular flexibility index (Phi) is 11.9. The van der Waals surface area contributed by atoms with Crippen LogP contribution in [0.1, 0.15) is 49.4 Å². The molecular weight excluding hydrogens is 692 g/mol. The first-order valence-corrected chi connectivity index (χ1v) is 18.7. The summed E-state index contributed by atoms with van der Waals surface area (Å²) in [5, 5.41) is 12.1. The summed E-state index contributed by atoms with van der Waals surface area (Å²) in [6, 6.07) is 17.6. The fraction of sp³-hybridized carbons (Fsp3) is 0.303. The molecule has 0 saturated heterocycles. The van der Waals surface area contributed by atoms with Gasteiger partial charge in [0.05, 0.1) is 22.6 Å². The van der Waals surface area contributed by atoms with Crippen LogP contribution in [0, 0.1) is 12.3 Å². The Morgan fingerprint density at radius 2 is 1.72 bits per heavy atom. The number of likely N-dealkylation sites (N-methyl/N-ethyl adjacent to an activating group) is 1. The maximum Gasteiger partial charge on any atom is 1.00 e. The number of sulfonamides is 1. The first-order valence-electron chi connectivity index (χ1n) is 15.4. The van der Waals surface area contributed by atoms with Crippen LogP contribution in [-0.4, -0.2) is 79.5 Å². The molecule has 1 amide bonds. The van der Waals surface area contributed by atoms with Crippen molar-refractivity contribution in [2.75, 3.05) is 36.1 Å². The average molecular weight is 729 g/mol. The second-order valence-electron chi connectivity index (χ2n) is 12.5. The number of carbonyl (C=O) groups excluding carboxylic acids is 1. The molecule has 0 saturated carbocycles. The number of aliphatic imine (C=N–C) groups is 1. The van der Waals surface area contributed by atoms with Crippen LogP contribution in [0.15, 0.2) is 81.7 Å². The number of nitrogens with one attached hydrogen (secondary N) is 2. The van der Waals surface area contributed by atoms with Crippen LogP contribution in [-0.2, 0) is 20.1 Å². The van der Waals surface area contributed by atoms with E-state index in [1.165, 1.54) is 16.9 Å². The number of anilines is 2. The molecule has 1 aliphatic rings. The topological polar surface area (TPSA) is 191 Å². The van der Waals surface area contributed by atoms with Gasteiger partial charge < -0.3 is 14.8 Å². The van der Waals surface area contributed by atoms with Gasteiger partial charge in [-0.1, -0.05) is 26.8 Å². The number of carbonyl (C=O) groups is 1. The second-order valence-corrected chi connectivity index (χ2v) is 15.8. The van der Waals surface area contributed by atoms with Crippen molar-refractivity contribution in [1.29, 1.82) is 0 Å². The molecule has 5 rings (SSSR count). The smallest absolute Gasteiger partial charge is 0.744 e. The molecule has 0 fully saturated rings. The van der Waals surface area contributed by atoms with Crippen molar-refractivity contribution >= 4 is 54.5 Å². The Morgan fingerprint density at radius 1 is 1.02 bits per heavy atom. The van der Waals surface area contributed by atoms with Gasteiger partial charge >= 0.3 is 29.6 Å². The van der Waals surface area contributed by atoms with Crippen LogP contribution < -0.4 is 44.5 Å². The van der Waals surface area contributed by atoms with Gasteiger partial charge in [0.15, 0.2) is 5.82 Å². The minimum Gasteiger partial charge on any atom is -0.744 e. The van der Waals surface area contributed by atoms with Crippen LogP contribution >= 0.6 is 0 Å². The Labute approximate surface area is 314 Å². The number of rotatable bonds is 11. The number of hydrogen-bond donors (Lipinski definition) is 2. The first-order chi connectivity index (χ1) is 22.9. The number of amides is 1. The van der Waals surface area contributed by atoms with Crippen molar-refractivity contribution in [3.05, 3.63) is 83.7 Å². The molecule has 50 heavy (non-hydrogen) atoms. The monoisotopic (exact) mass is 728 g/mol. The van der Waals surface area contributed by atoms with Crippen molar-refractivity contribution in [3.8, 4) is 11.4 Å². The van der Waals surface area contributed by atoms with Gasteiger partial charge in [0.1, 0.15) is 15.8 Å². The summed E-state index contributed by atoms with van der Waals surface area (Å²) < 4.78 is 59.6. The molecule has 0 spiro atoms. The van der Waals surface area contributed by atoms with Crippen LogP contribution in [0.3, 0.4) is 0 Å². The summed E-state index contributed by atoms with van der Waals surface area (Å²) in [5.41, 5.74) is 4.70. The van der Waals surface area contributed by atoms with Crippen LogP contribution in [0.4, 0.5) is 17.1 Å². The summed E-state index contributed by atoms with van der Waals surface area (Å²) in [5.74, 6) is 0.312. The summed E-state index contributed by atoms with van der Waals surface area (Å²) in [4.78, 5) is 25.6. The number of aryl methyl sites for hydroxylation is 1. The Balaban J connectivity index is 0.00000562. The summed E-state index contributed by atoms with van der Waals surface area (Å²) >= 11 is 0. The normalized spacial score (nSPS) is 13.8. The minimum absolute atomic E-state index is 0. The van der Waals surface area contributed by atoms with Gasteiger partial charge in [0.2, 0.25) is 15.8 Å². The van der Waals surface area contributed by atoms with Crippen molar-refractivity contribution in [1.82, 2.24) is 19.6 Å². The second kappa shape index (κ2) is 15.2. The van der Waals surface area contributed by atoms with Crippen LogP contribution in [0.2, 0.25) is 0 Å². The van der Waals surface area contributed by atoms with Crippen molar-refractivity contribution < 1.29 is 55.7 Å². The summed E-state index contributed by atoms with van der Waals surface area (Å²) in [7, 11) is -7.97. The van der Waals surface area contributed by atoms with E-state index in [2.05, 4.69) is 20.0 Å². The van der Waals surface area contributed by atoms with E-state index in [4.69, 9.17) is 15.1 Å². The molecule has 0 radical (unpaired) electrons. The van der Waals surface area contributed by atoms with Crippen LogP contribution in [0.25, 0.3) is 11.4 Å². The number of fused-ring (bicyclic) bond motifs is 1. The fourth-order valence-corrected chi connectivity index (χ4v) is 6.10. The molecule has 17 heteroatoms. The zero-order chi connectivity index (χ0) is 35.7. The van der Waals surface area contributed by atoms with E-state index in [0.717, 1.165) is 41.0 Å². The van der Waals surface area contributed by atoms with Crippen molar-refractivity contribution in [2.45, 2.75) is 39.5 Å². The molecule has 1 aliphatic heterocycles. The van der Waals surface area contributed by atoms with E-state index in [1.54, 1.807) is 24.3 Å². The fourth-order valence-electron chi connectivity index (χ4n) is 5.12. The summed E-state index contributed by atoms with van der Waals surface area (Å²) in [6.45, 7) is 11.6. The minimum atomic E-state index is -4.70. The maximum absolute atomic E-state index is 12.7. The third-order valence-corrected chi connectivity index (χ3v) is 9.18. The standard InChI is InChI=1S/C33H38N8O6S2.Na/c1-7-40(18-17-34-48(6,43)44)25-15-16-27(21(2)19-25)36-28-29(33(3,4)5)38-41-31(28)37-30(39-41)22-11-13-24(14-12-22)35-32(42)23-9-8-10-26(20-23)49(45,46)47;/h8-16,19-20,34H,7,17-18H2,1-6H3,(H,35,42)(H,45,46,47);/q;+1/p-1. The zero-order valence-corrected chi connectivity index (χ0v) is 32.6. The molecule has 4 aromatic rings. The van der Waals surface area contributed by atoms with Gasteiger partial charge in [-0.15, -0.1) is 9.89 Å². The molecule has 1 aromatic heterocycles. The van der Waals surface area contributed by atoms with E-state index in [9.17, 15) is 26.2 Å². The molecule has 2 N–H and O–H groups in total. The number of aromatic nitrogens is 3. The van der Waals surface area contributed by atoms with Gasteiger partial charge in [-0.3, -0.25) is 4.79 Å². The summed E-state index contributed by atoms with van der Waals surface area (Å²) in [6.07, 6.45) is 1.14. The molecule has 2 heterocycles. The van der Waals surface area contributed by atoms with Gasteiger partial charge in [-0.05, 0) is 80.1 Å². The molecule has 3 aromatic carbocycles. The van der Waals surface area contributed by atoms with E-state index >= 15 is 0 Å². The first kappa shape index (κ1) is 39.0. The third kappa shape index (κ3) is 9.31. The predicted octanol–water partition coefficient (Wildman–Crippen LogP) is 1.17. The van der Waals surface area contributed by atoms with Crippen LogP contribution in [0.5, 0.6) is 0 Å². The van der Waals surface area contributed by atoms with Gasteiger partial charge in [0.25, 0.3) is 5.91 Å². The molecule has 258 valence electrons. The molecule has 0 atom stereocenters. The van der Waals surface area contributed by atoms with Gasteiger partial charge in [-0.2, -0.15) is 5.10 Å². The molecule has 0 unspecified atom stereocenters. The van der Waals surface area contributed by atoms with E-state index in [1.807, 2.05) is 52.8 Å². The van der Waals surface area contributed by atoms with Crippen molar-refractivity contribution in [3.63, 3.8) is 0 Å². The van der Waals surface area contributed by atoms with Gasteiger partial charge in [0, 0.05) is 47.6 Å². The molecule has 14 nitrogen and oxygen atoms in total. The van der Waals surface area contributed by atoms with E-state index < -0.39 is 30.9 Å². The molecular formula is C33H37N8NaO6S2. The maximum atomic E-state index is 12.7. The molecule has 0 aliphatic carbocycles. The van der Waals surface area contributed by atoms with Gasteiger partial charge in [-0.25, -0.2) is 31.5 Å². The van der Waals surface area contributed by atoms with E-state index in [0.29, 0.717) is 48.2 Å². The number of hydrogen-bond acceptors (Lipinski definition) is 11. The quantitative estimate of drug-likeness (QED) is 0.169. The zero-order valence-electron chi connectivity index (χ0n) is 28.9. The number of nitrogens with zero attached hydrogens (tertiary/aromatic N) is 6.